The van der Waals surface area contributed by atoms with Crippen molar-refractivity contribution in [1.29, 1.82) is 0 Å². The summed E-state index contributed by atoms with van der Waals surface area (Å²) in [6.45, 7) is 0.384. The molecule has 1 atom stereocenters. The molecule has 0 bridgehead atoms. The second kappa shape index (κ2) is 8.21. The highest BCUT2D eigenvalue weighted by Crippen LogP contribution is 2.25. The Morgan fingerprint density at radius 1 is 1.14 bits per heavy atom. The minimum Gasteiger partial charge on any atom is -0.352 e. The van der Waals surface area contributed by atoms with Crippen molar-refractivity contribution >= 4 is 5.91 Å². The molecular formula is C23H22FN3O. The number of carbonyl (C=O) groups is 1. The molecule has 1 aliphatic rings. The van der Waals surface area contributed by atoms with Crippen LogP contribution in [0.15, 0.2) is 72.9 Å². The molecule has 1 N–H and O–H groups in total. The molecule has 1 heterocycles. The number of hydrogen-bond acceptors (Lipinski definition) is 2. The molecule has 0 spiro atoms. The highest BCUT2D eigenvalue weighted by molar-refractivity contribution is 5.77. The van der Waals surface area contributed by atoms with Gasteiger partial charge in [-0.3, -0.25) is 4.79 Å². The number of hydrogen-bond donors (Lipinski definition) is 1. The number of allylic oxidation sites excluding steroid dienone is 2. The predicted octanol–water partition coefficient (Wildman–Crippen LogP) is 4.65. The van der Waals surface area contributed by atoms with Crippen LogP contribution in [-0.4, -0.2) is 15.7 Å². The fraction of sp³-hybridized carbons (Fsp3) is 0.217. The lowest BCUT2D eigenvalue weighted by Gasteiger charge is -2.09. The van der Waals surface area contributed by atoms with Gasteiger partial charge in [0.15, 0.2) is 0 Å². The normalized spacial score (nSPS) is 15.7. The minimum atomic E-state index is -0.286. The molecule has 2 aromatic carbocycles. The molecule has 1 amide bonds. The van der Waals surface area contributed by atoms with Crippen LogP contribution in [0.4, 0.5) is 4.39 Å². The second-order valence-electron chi connectivity index (χ2n) is 7.04. The summed E-state index contributed by atoms with van der Waals surface area (Å²) in [5.74, 6) is 0.0865. The van der Waals surface area contributed by atoms with E-state index < -0.39 is 0 Å². The van der Waals surface area contributed by atoms with Crippen LogP contribution in [0.25, 0.3) is 16.9 Å². The summed E-state index contributed by atoms with van der Waals surface area (Å²) in [4.78, 5) is 12.3. The quantitative estimate of drug-likeness (QED) is 0.638. The molecular weight excluding hydrogens is 353 g/mol. The van der Waals surface area contributed by atoms with Gasteiger partial charge in [-0.15, -0.1) is 0 Å². The zero-order valence-corrected chi connectivity index (χ0v) is 15.5. The molecule has 5 heteroatoms. The van der Waals surface area contributed by atoms with E-state index in [2.05, 4.69) is 17.5 Å². The Balaban J connectivity index is 1.57. The number of carbonyl (C=O) groups excluding carboxylic acids is 1. The van der Waals surface area contributed by atoms with Gasteiger partial charge < -0.3 is 5.32 Å². The van der Waals surface area contributed by atoms with Crippen molar-refractivity contribution in [3.8, 4) is 16.9 Å². The van der Waals surface area contributed by atoms with Gasteiger partial charge in [0.05, 0.1) is 11.4 Å². The van der Waals surface area contributed by atoms with Gasteiger partial charge in [0, 0.05) is 30.3 Å². The average molecular weight is 375 g/mol. The Morgan fingerprint density at radius 2 is 1.93 bits per heavy atom. The molecule has 0 radical (unpaired) electrons. The maximum atomic E-state index is 13.3. The fourth-order valence-electron chi connectivity index (χ4n) is 3.47. The van der Waals surface area contributed by atoms with Crippen LogP contribution >= 0.6 is 0 Å². The largest absolute Gasteiger partial charge is 0.352 e. The molecule has 1 aliphatic carbocycles. The summed E-state index contributed by atoms with van der Waals surface area (Å²) in [7, 11) is 0. The van der Waals surface area contributed by atoms with Gasteiger partial charge in [-0.2, -0.15) is 5.10 Å². The second-order valence-corrected chi connectivity index (χ2v) is 7.04. The lowest BCUT2D eigenvalue weighted by atomic mass is 10.0. The first kappa shape index (κ1) is 18.2. The highest BCUT2D eigenvalue weighted by atomic mass is 19.1. The van der Waals surface area contributed by atoms with Gasteiger partial charge in [0.25, 0.3) is 0 Å². The molecule has 0 saturated carbocycles. The molecule has 0 unspecified atom stereocenters. The van der Waals surface area contributed by atoms with Gasteiger partial charge in [-0.1, -0.05) is 30.4 Å². The van der Waals surface area contributed by atoms with Crippen LogP contribution < -0.4 is 5.32 Å². The summed E-state index contributed by atoms with van der Waals surface area (Å²) in [6, 6.07) is 16.1. The molecule has 142 valence electrons. The number of nitrogens with one attached hydrogen (secondary N) is 1. The number of rotatable bonds is 6. The number of amides is 1. The number of para-hydroxylation sites is 1. The van der Waals surface area contributed by atoms with Crippen LogP contribution in [-0.2, 0) is 11.3 Å². The maximum Gasteiger partial charge on any atom is 0.220 e. The first-order valence-electron chi connectivity index (χ1n) is 9.52. The van der Waals surface area contributed by atoms with Crippen LogP contribution in [0.5, 0.6) is 0 Å². The predicted molar refractivity (Wildman–Crippen MR) is 107 cm³/mol. The Bertz CT molecular complexity index is 977. The van der Waals surface area contributed by atoms with Gasteiger partial charge in [0.2, 0.25) is 5.91 Å². The van der Waals surface area contributed by atoms with E-state index in [0.717, 1.165) is 35.3 Å². The van der Waals surface area contributed by atoms with E-state index in [1.54, 1.807) is 16.8 Å². The lowest BCUT2D eigenvalue weighted by Crippen LogP contribution is -2.24. The summed E-state index contributed by atoms with van der Waals surface area (Å²) in [5.41, 5.74) is 3.38. The van der Waals surface area contributed by atoms with E-state index in [1.807, 2.05) is 36.5 Å². The van der Waals surface area contributed by atoms with E-state index in [4.69, 9.17) is 5.10 Å². The van der Waals surface area contributed by atoms with Crippen molar-refractivity contribution in [2.24, 2.45) is 5.92 Å². The maximum absolute atomic E-state index is 13.3. The van der Waals surface area contributed by atoms with Crippen molar-refractivity contribution in [3.63, 3.8) is 0 Å². The molecule has 1 aromatic heterocycles. The number of aromatic nitrogens is 2. The van der Waals surface area contributed by atoms with Crippen molar-refractivity contribution in [2.75, 3.05) is 0 Å². The summed E-state index contributed by atoms with van der Waals surface area (Å²) >= 11 is 0. The van der Waals surface area contributed by atoms with Crippen molar-refractivity contribution < 1.29 is 9.18 Å². The smallest absolute Gasteiger partial charge is 0.220 e. The Morgan fingerprint density at radius 3 is 2.64 bits per heavy atom. The zero-order valence-electron chi connectivity index (χ0n) is 15.5. The number of nitrogens with zero attached hydrogens (tertiary/aromatic N) is 2. The van der Waals surface area contributed by atoms with Crippen LogP contribution in [0.2, 0.25) is 0 Å². The van der Waals surface area contributed by atoms with Crippen molar-refractivity contribution in [1.82, 2.24) is 15.1 Å². The van der Waals surface area contributed by atoms with Crippen LogP contribution in [0, 0.1) is 11.7 Å². The van der Waals surface area contributed by atoms with Crippen molar-refractivity contribution in [2.45, 2.75) is 25.8 Å². The van der Waals surface area contributed by atoms with Crippen LogP contribution in [0.1, 0.15) is 24.8 Å². The molecule has 4 nitrogen and oxygen atoms in total. The Hall–Kier alpha value is -3.21. The fourth-order valence-corrected chi connectivity index (χ4v) is 3.47. The van der Waals surface area contributed by atoms with E-state index in [9.17, 15) is 9.18 Å². The summed E-state index contributed by atoms with van der Waals surface area (Å²) in [6.07, 6.45) is 8.78. The first-order valence-corrected chi connectivity index (χ1v) is 9.52. The topological polar surface area (TPSA) is 46.9 Å². The minimum absolute atomic E-state index is 0.0362. The van der Waals surface area contributed by atoms with Gasteiger partial charge in [0.1, 0.15) is 5.82 Å². The average Bonchev–Trinajstić information content (AvgIpc) is 3.38. The molecule has 3 aromatic rings. The van der Waals surface area contributed by atoms with Gasteiger partial charge >= 0.3 is 0 Å². The van der Waals surface area contributed by atoms with Gasteiger partial charge in [-0.25, -0.2) is 9.07 Å². The Labute approximate surface area is 163 Å². The first-order chi connectivity index (χ1) is 13.7. The zero-order chi connectivity index (χ0) is 19.3. The molecule has 4 rings (SSSR count). The van der Waals surface area contributed by atoms with E-state index in [-0.39, 0.29) is 11.7 Å². The monoisotopic (exact) mass is 375 g/mol. The SMILES string of the molecule is O=C(C[C@H]1C=CCC1)NCc1cn(-c2ccccc2)nc1-c1ccc(F)cc1. The third-order valence-electron chi connectivity index (χ3n) is 4.96. The van der Waals surface area contributed by atoms with Gasteiger partial charge in [-0.05, 0) is 55.2 Å². The van der Waals surface area contributed by atoms with Crippen molar-refractivity contribution in [3.05, 3.63) is 84.3 Å². The molecule has 0 saturated heterocycles. The highest BCUT2D eigenvalue weighted by Gasteiger charge is 2.16. The van der Waals surface area contributed by atoms with E-state index in [1.165, 1.54) is 12.1 Å². The Kier molecular flexibility index (Phi) is 5.33. The molecule has 0 fully saturated rings. The van der Waals surface area contributed by atoms with Crippen LogP contribution in [0.3, 0.4) is 0 Å². The summed E-state index contributed by atoms with van der Waals surface area (Å²) < 4.78 is 15.1. The third kappa shape index (κ3) is 4.19. The standard InChI is InChI=1S/C23H22FN3O/c24-20-12-10-18(11-13-20)23-19(15-25-22(28)14-17-6-4-5-7-17)16-27(26-23)21-8-2-1-3-9-21/h1-4,6,8-13,16-17H,5,7,14-15H2,(H,25,28)/t17-/m0/s1. The number of halogens is 1. The van der Waals surface area contributed by atoms with E-state index >= 15 is 0 Å². The van der Waals surface area contributed by atoms with E-state index in [0.29, 0.717) is 18.9 Å². The number of benzene rings is 2. The third-order valence-corrected chi connectivity index (χ3v) is 4.96. The molecule has 28 heavy (non-hydrogen) atoms. The molecule has 0 aliphatic heterocycles. The lowest BCUT2D eigenvalue weighted by molar-refractivity contribution is -0.121. The summed E-state index contributed by atoms with van der Waals surface area (Å²) in [5, 5.41) is 7.71.